The first-order valence-electron chi connectivity index (χ1n) is 9.94. The van der Waals surface area contributed by atoms with Crippen molar-refractivity contribution in [1.29, 1.82) is 0 Å². The number of aromatic nitrogens is 2. The Morgan fingerprint density at radius 3 is 2.94 bits per heavy atom. The number of aliphatic hydroxyl groups excluding tert-OH is 1. The molecule has 2 N–H and O–H groups in total. The molecule has 7 nitrogen and oxygen atoms in total. The Hall–Kier alpha value is -3.00. The van der Waals surface area contributed by atoms with Gasteiger partial charge in [0, 0.05) is 65.8 Å². The maximum absolute atomic E-state index is 13.4. The Kier molecular flexibility index (Phi) is 4.89. The number of fused-ring (bicyclic) bond motifs is 4. The third kappa shape index (κ3) is 3.17. The molecule has 1 aliphatic heterocycles. The van der Waals surface area contributed by atoms with Gasteiger partial charge in [-0.3, -0.25) is 14.6 Å². The third-order valence-corrected chi connectivity index (χ3v) is 6.41. The van der Waals surface area contributed by atoms with E-state index in [1.807, 2.05) is 30.3 Å². The van der Waals surface area contributed by atoms with Gasteiger partial charge in [-0.05, 0) is 23.8 Å². The van der Waals surface area contributed by atoms with Gasteiger partial charge in [0.25, 0.3) is 5.91 Å². The SMILES string of the molecule is COC(O)c1cnc2c(c1)C1C(=CC2=O)N(C(=O)c2cc3ccccc3[nH]2)C[C@H]1CCl. The second kappa shape index (κ2) is 7.60. The van der Waals surface area contributed by atoms with E-state index in [2.05, 4.69) is 9.97 Å². The number of halogens is 1. The standard InChI is InChI=1S/C23H20ClN3O4/c1-31-23(30)13-6-15-20-14(9-24)11-27(18(20)8-19(28)21(15)25-10-13)22(29)17-7-12-4-2-3-5-16(12)26-17/h2-8,10,14,20,23,26,30H,9,11H2,1H3/t14-,20?,23?/m1/s1. The number of likely N-dealkylation sites (tertiary alicyclic amines) is 1. The lowest BCUT2D eigenvalue weighted by atomic mass is 9.82. The summed E-state index contributed by atoms with van der Waals surface area (Å²) < 4.78 is 4.99. The van der Waals surface area contributed by atoms with Gasteiger partial charge in [-0.2, -0.15) is 0 Å². The molecule has 31 heavy (non-hydrogen) atoms. The Balaban J connectivity index is 1.56. The number of carbonyl (C=O) groups excluding carboxylic acids is 2. The number of methoxy groups -OCH3 is 1. The minimum Gasteiger partial charge on any atom is -0.364 e. The largest absolute Gasteiger partial charge is 0.364 e. The Labute approximate surface area is 183 Å². The Morgan fingerprint density at radius 2 is 2.19 bits per heavy atom. The number of nitrogens with one attached hydrogen (secondary N) is 1. The van der Waals surface area contributed by atoms with Crippen molar-refractivity contribution in [2.75, 3.05) is 19.5 Å². The molecular formula is C23H20ClN3O4. The summed E-state index contributed by atoms with van der Waals surface area (Å²) in [5, 5.41) is 11.0. The monoisotopic (exact) mass is 437 g/mol. The predicted octanol–water partition coefficient (Wildman–Crippen LogP) is 3.38. The molecule has 3 atom stereocenters. The number of carbonyl (C=O) groups is 2. The summed E-state index contributed by atoms with van der Waals surface area (Å²) >= 11 is 6.29. The molecule has 2 unspecified atom stereocenters. The molecular weight excluding hydrogens is 418 g/mol. The molecule has 0 saturated carbocycles. The fourth-order valence-corrected chi connectivity index (χ4v) is 4.80. The molecule has 2 aliphatic rings. The van der Waals surface area contributed by atoms with Crippen LogP contribution in [0.5, 0.6) is 0 Å². The minimum atomic E-state index is -1.15. The van der Waals surface area contributed by atoms with Crippen LogP contribution in [0.1, 0.15) is 44.3 Å². The van der Waals surface area contributed by atoms with Crippen molar-refractivity contribution in [1.82, 2.24) is 14.9 Å². The summed E-state index contributed by atoms with van der Waals surface area (Å²) in [6.07, 6.45) is 1.77. The van der Waals surface area contributed by atoms with Gasteiger partial charge in [-0.15, -0.1) is 11.6 Å². The van der Waals surface area contributed by atoms with Crippen LogP contribution >= 0.6 is 11.6 Å². The van der Waals surface area contributed by atoms with Crippen LogP contribution in [-0.4, -0.2) is 51.2 Å². The highest BCUT2D eigenvalue weighted by Gasteiger charge is 2.45. The molecule has 1 aliphatic carbocycles. The van der Waals surface area contributed by atoms with E-state index in [0.29, 0.717) is 40.6 Å². The summed E-state index contributed by atoms with van der Waals surface area (Å²) in [5.41, 5.74) is 3.36. The summed E-state index contributed by atoms with van der Waals surface area (Å²) in [5.74, 6) is -0.537. The third-order valence-electron chi connectivity index (χ3n) is 6.02. The number of rotatable bonds is 4. The first-order chi connectivity index (χ1) is 15.0. The van der Waals surface area contributed by atoms with Crippen molar-refractivity contribution >= 4 is 34.2 Å². The van der Waals surface area contributed by atoms with E-state index in [9.17, 15) is 14.7 Å². The van der Waals surface area contributed by atoms with Crippen LogP contribution in [0.15, 0.2) is 54.4 Å². The van der Waals surface area contributed by atoms with Gasteiger partial charge in [0.2, 0.25) is 5.78 Å². The van der Waals surface area contributed by atoms with Crippen molar-refractivity contribution in [3.63, 3.8) is 0 Å². The van der Waals surface area contributed by atoms with E-state index in [1.54, 1.807) is 11.0 Å². The van der Waals surface area contributed by atoms with Gasteiger partial charge >= 0.3 is 0 Å². The van der Waals surface area contributed by atoms with Crippen LogP contribution in [0.4, 0.5) is 0 Å². The van der Waals surface area contributed by atoms with Crippen LogP contribution in [0.25, 0.3) is 10.9 Å². The van der Waals surface area contributed by atoms with Crippen LogP contribution < -0.4 is 0 Å². The number of pyridine rings is 1. The highest BCUT2D eigenvalue weighted by molar-refractivity contribution is 6.18. The molecule has 1 aromatic carbocycles. The number of ketones is 1. The number of allylic oxidation sites excluding steroid dienone is 2. The smallest absolute Gasteiger partial charge is 0.274 e. The lowest BCUT2D eigenvalue weighted by Gasteiger charge is -2.26. The lowest BCUT2D eigenvalue weighted by molar-refractivity contribution is -0.0772. The second-order valence-corrected chi connectivity index (χ2v) is 8.11. The molecule has 0 bridgehead atoms. The number of para-hydroxylation sites is 1. The molecule has 1 amide bonds. The van der Waals surface area contributed by atoms with Crippen molar-refractivity contribution in [2.45, 2.75) is 12.2 Å². The van der Waals surface area contributed by atoms with Gasteiger partial charge < -0.3 is 19.7 Å². The minimum absolute atomic E-state index is 0.0927. The number of alkyl halides is 1. The maximum atomic E-state index is 13.4. The quantitative estimate of drug-likeness (QED) is 0.482. The summed E-state index contributed by atoms with van der Waals surface area (Å²) in [6.45, 7) is 0.387. The fraction of sp³-hybridized carbons (Fsp3) is 0.261. The van der Waals surface area contributed by atoms with Crippen LogP contribution in [0.2, 0.25) is 0 Å². The van der Waals surface area contributed by atoms with E-state index >= 15 is 0 Å². The van der Waals surface area contributed by atoms with Crippen molar-refractivity contribution in [3.05, 3.63) is 76.9 Å². The maximum Gasteiger partial charge on any atom is 0.274 e. The zero-order valence-electron chi connectivity index (χ0n) is 16.7. The molecule has 158 valence electrons. The van der Waals surface area contributed by atoms with Crippen LogP contribution in [-0.2, 0) is 4.74 Å². The Bertz CT molecular complexity index is 1200. The Morgan fingerprint density at radius 1 is 1.39 bits per heavy atom. The zero-order valence-corrected chi connectivity index (χ0v) is 17.5. The van der Waals surface area contributed by atoms with Crippen LogP contribution in [0.3, 0.4) is 0 Å². The molecule has 1 fully saturated rings. The van der Waals surface area contributed by atoms with E-state index in [0.717, 1.165) is 10.9 Å². The van der Waals surface area contributed by atoms with Gasteiger partial charge in [-0.25, -0.2) is 0 Å². The van der Waals surface area contributed by atoms with Gasteiger partial charge in [0.15, 0.2) is 6.29 Å². The molecule has 2 aromatic heterocycles. The number of ether oxygens (including phenoxy) is 1. The number of amides is 1. The van der Waals surface area contributed by atoms with Crippen molar-refractivity contribution < 1.29 is 19.4 Å². The van der Waals surface area contributed by atoms with E-state index < -0.39 is 6.29 Å². The van der Waals surface area contributed by atoms with Gasteiger partial charge in [0.1, 0.15) is 11.4 Å². The number of hydrogen-bond acceptors (Lipinski definition) is 5. The number of aromatic amines is 1. The first kappa shape index (κ1) is 19.9. The lowest BCUT2D eigenvalue weighted by Crippen LogP contribution is -2.29. The summed E-state index contributed by atoms with van der Waals surface area (Å²) in [7, 11) is 1.39. The molecule has 3 heterocycles. The molecule has 1 saturated heterocycles. The average molecular weight is 438 g/mol. The zero-order chi connectivity index (χ0) is 21.7. The number of H-pyrrole nitrogens is 1. The fourth-order valence-electron chi connectivity index (χ4n) is 4.52. The average Bonchev–Trinajstić information content (AvgIpc) is 3.39. The summed E-state index contributed by atoms with van der Waals surface area (Å²) in [4.78, 5) is 35.3. The number of hydrogen-bond donors (Lipinski definition) is 2. The normalized spacial score (nSPS) is 21.1. The number of aliphatic hydroxyl groups is 1. The molecule has 0 spiro atoms. The second-order valence-electron chi connectivity index (χ2n) is 7.81. The van der Waals surface area contributed by atoms with E-state index in [4.69, 9.17) is 16.3 Å². The molecule has 0 radical (unpaired) electrons. The number of nitrogens with zero attached hydrogens (tertiary/aromatic N) is 2. The van der Waals surface area contributed by atoms with Crippen molar-refractivity contribution in [3.8, 4) is 0 Å². The van der Waals surface area contributed by atoms with E-state index in [-0.39, 0.29) is 23.5 Å². The number of benzene rings is 1. The first-order valence-corrected chi connectivity index (χ1v) is 10.5. The highest BCUT2D eigenvalue weighted by atomic mass is 35.5. The summed E-state index contributed by atoms with van der Waals surface area (Å²) in [6, 6.07) is 11.2. The van der Waals surface area contributed by atoms with Gasteiger partial charge in [-0.1, -0.05) is 18.2 Å². The van der Waals surface area contributed by atoms with E-state index in [1.165, 1.54) is 19.4 Å². The predicted molar refractivity (Wildman–Crippen MR) is 115 cm³/mol. The van der Waals surface area contributed by atoms with Crippen LogP contribution in [0, 0.1) is 5.92 Å². The topological polar surface area (TPSA) is 95.5 Å². The van der Waals surface area contributed by atoms with Gasteiger partial charge in [0.05, 0.1) is 0 Å². The van der Waals surface area contributed by atoms with Crippen molar-refractivity contribution in [2.24, 2.45) is 5.92 Å². The highest BCUT2D eigenvalue weighted by Crippen LogP contribution is 2.46. The molecule has 5 rings (SSSR count). The molecule has 8 heteroatoms. The molecule has 3 aromatic rings.